The van der Waals surface area contributed by atoms with Crippen LogP contribution in [0.25, 0.3) is 0 Å². The lowest BCUT2D eigenvalue weighted by Gasteiger charge is -2.32. The van der Waals surface area contributed by atoms with E-state index in [1.807, 2.05) is 30.3 Å². The first-order valence-corrected chi connectivity index (χ1v) is 6.20. The topological polar surface area (TPSA) is 39.1 Å². The molecule has 0 aromatic heterocycles. The predicted molar refractivity (Wildman–Crippen MR) is 68.7 cm³/mol. The van der Waals surface area contributed by atoms with E-state index in [4.69, 9.17) is 0 Å². The van der Waals surface area contributed by atoms with Gasteiger partial charge in [0.05, 0.1) is 12.0 Å². The van der Waals surface area contributed by atoms with Crippen LogP contribution in [-0.4, -0.2) is 37.1 Å². The zero-order valence-corrected chi connectivity index (χ0v) is 10.3. The van der Waals surface area contributed by atoms with Crippen molar-refractivity contribution in [2.24, 2.45) is 0 Å². The molecule has 0 saturated carbocycles. The highest BCUT2D eigenvalue weighted by Gasteiger charge is 2.20. The molecular formula is C14H19N3. The van der Waals surface area contributed by atoms with E-state index >= 15 is 0 Å². The van der Waals surface area contributed by atoms with Crippen LogP contribution < -0.4 is 5.32 Å². The predicted octanol–water partition coefficient (Wildman–Crippen LogP) is 1.59. The summed E-state index contributed by atoms with van der Waals surface area (Å²) in [7, 11) is 0. The summed E-state index contributed by atoms with van der Waals surface area (Å²) in [6, 6.07) is 13.0. The third-order valence-corrected chi connectivity index (χ3v) is 3.25. The highest BCUT2D eigenvalue weighted by molar-refractivity contribution is 5.25. The quantitative estimate of drug-likeness (QED) is 0.855. The number of hydrogen-bond acceptors (Lipinski definition) is 3. The molecule has 1 heterocycles. The average Bonchev–Trinajstić information content (AvgIpc) is 2.37. The second-order valence-corrected chi connectivity index (χ2v) is 4.71. The normalized spacial score (nSPS) is 22.9. The lowest BCUT2D eigenvalue weighted by atomic mass is 9.99. The van der Waals surface area contributed by atoms with Crippen LogP contribution in [0.2, 0.25) is 0 Å². The van der Waals surface area contributed by atoms with Crippen molar-refractivity contribution in [3.8, 4) is 6.07 Å². The Morgan fingerprint density at radius 1 is 1.47 bits per heavy atom. The van der Waals surface area contributed by atoms with Gasteiger partial charge in [-0.2, -0.15) is 5.26 Å². The summed E-state index contributed by atoms with van der Waals surface area (Å²) in [6.45, 7) is 6.12. The molecule has 1 saturated heterocycles. The van der Waals surface area contributed by atoms with E-state index in [-0.39, 0.29) is 5.92 Å². The Morgan fingerprint density at radius 2 is 2.24 bits per heavy atom. The summed E-state index contributed by atoms with van der Waals surface area (Å²) in [5.74, 6) is -0.0125. The molecule has 0 bridgehead atoms. The SMILES string of the molecule is C[C@H]1CN(CC(C#N)c2ccccc2)CCN1. The smallest absolute Gasteiger partial charge is 0.0839 e. The molecule has 1 fully saturated rings. The monoisotopic (exact) mass is 229 g/mol. The first kappa shape index (κ1) is 12.1. The molecule has 0 aliphatic carbocycles. The third-order valence-electron chi connectivity index (χ3n) is 3.25. The van der Waals surface area contributed by atoms with Crippen LogP contribution in [0, 0.1) is 11.3 Å². The maximum absolute atomic E-state index is 9.28. The van der Waals surface area contributed by atoms with E-state index in [2.05, 4.69) is 23.2 Å². The van der Waals surface area contributed by atoms with Crippen molar-refractivity contribution in [2.45, 2.75) is 18.9 Å². The van der Waals surface area contributed by atoms with Gasteiger partial charge in [0, 0.05) is 32.2 Å². The van der Waals surface area contributed by atoms with Gasteiger partial charge in [0.25, 0.3) is 0 Å². The Morgan fingerprint density at radius 3 is 2.88 bits per heavy atom. The van der Waals surface area contributed by atoms with Crippen molar-refractivity contribution in [3.63, 3.8) is 0 Å². The Bertz CT molecular complexity index is 382. The number of nitriles is 1. The van der Waals surface area contributed by atoms with Crippen molar-refractivity contribution < 1.29 is 0 Å². The van der Waals surface area contributed by atoms with E-state index in [1.54, 1.807) is 0 Å². The number of benzene rings is 1. The zero-order valence-electron chi connectivity index (χ0n) is 10.3. The van der Waals surface area contributed by atoms with Crippen LogP contribution in [0.15, 0.2) is 30.3 Å². The minimum absolute atomic E-state index is 0.0125. The second kappa shape index (κ2) is 5.81. The third kappa shape index (κ3) is 3.29. The van der Waals surface area contributed by atoms with E-state index < -0.39 is 0 Å². The van der Waals surface area contributed by atoms with Crippen molar-refractivity contribution in [2.75, 3.05) is 26.2 Å². The summed E-state index contributed by atoms with van der Waals surface area (Å²) in [5, 5.41) is 12.7. The van der Waals surface area contributed by atoms with Gasteiger partial charge in [-0.05, 0) is 12.5 Å². The molecular weight excluding hydrogens is 210 g/mol. The Kier molecular flexibility index (Phi) is 4.13. The fourth-order valence-corrected chi connectivity index (χ4v) is 2.34. The molecule has 0 amide bonds. The van der Waals surface area contributed by atoms with Crippen molar-refractivity contribution in [1.29, 1.82) is 5.26 Å². The lowest BCUT2D eigenvalue weighted by molar-refractivity contribution is 0.204. The van der Waals surface area contributed by atoms with E-state index in [0.717, 1.165) is 31.7 Å². The Hall–Kier alpha value is -1.37. The molecule has 1 aliphatic rings. The molecule has 1 aromatic carbocycles. The molecule has 2 atom stereocenters. The van der Waals surface area contributed by atoms with Crippen LogP contribution in [0.4, 0.5) is 0 Å². The minimum Gasteiger partial charge on any atom is -0.312 e. The van der Waals surface area contributed by atoms with E-state index in [1.165, 1.54) is 0 Å². The average molecular weight is 229 g/mol. The summed E-state index contributed by atoms with van der Waals surface area (Å²) in [5.41, 5.74) is 1.13. The number of nitrogens with zero attached hydrogens (tertiary/aromatic N) is 2. The van der Waals surface area contributed by atoms with Gasteiger partial charge in [-0.1, -0.05) is 30.3 Å². The number of nitrogens with one attached hydrogen (secondary N) is 1. The molecule has 3 heteroatoms. The van der Waals surface area contributed by atoms with Gasteiger partial charge in [0.2, 0.25) is 0 Å². The summed E-state index contributed by atoms with van der Waals surface area (Å²) < 4.78 is 0. The molecule has 17 heavy (non-hydrogen) atoms. The van der Waals surface area contributed by atoms with Gasteiger partial charge in [0.15, 0.2) is 0 Å². The number of rotatable bonds is 3. The van der Waals surface area contributed by atoms with Crippen molar-refractivity contribution in [3.05, 3.63) is 35.9 Å². The maximum Gasteiger partial charge on any atom is 0.0839 e. The Labute approximate surface area is 103 Å². The zero-order chi connectivity index (χ0) is 12.1. The molecule has 0 spiro atoms. The summed E-state index contributed by atoms with van der Waals surface area (Å²) in [4.78, 5) is 2.38. The highest BCUT2D eigenvalue weighted by atomic mass is 15.2. The molecule has 0 radical (unpaired) electrons. The van der Waals surface area contributed by atoms with Gasteiger partial charge in [-0.15, -0.1) is 0 Å². The van der Waals surface area contributed by atoms with Gasteiger partial charge in [-0.25, -0.2) is 0 Å². The minimum atomic E-state index is -0.0125. The Balaban J connectivity index is 1.99. The number of hydrogen-bond donors (Lipinski definition) is 1. The van der Waals surface area contributed by atoms with Gasteiger partial charge >= 0.3 is 0 Å². The largest absolute Gasteiger partial charge is 0.312 e. The van der Waals surface area contributed by atoms with Gasteiger partial charge in [-0.3, -0.25) is 4.90 Å². The van der Waals surface area contributed by atoms with Crippen molar-refractivity contribution in [1.82, 2.24) is 10.2 Å². The van der Waals surface area contributed by atoms with E-state index in [0.29, 0.717) is 6.04 Å². The molecule has 90 valence electrons. The summed E-state index contributed by atoms with van der Waals surface area (Å²) >= 11 is 0. The van der Waals surface area contributed by atoms with Gasteiger partial charge in [0.1, 0.15) is 0 Å². The highest BCUT2D eigenvalue weighted by Crippen LogP contribution is 2.16. The fourth-order valence-electron chi connectivity index (χ4n) is 2.34. The second-order valence-electron chi connectivity index (χ2n) is 4.71. The van der Waals surface area contributed by atoms with Crippen LogP contribution in [0.3, 0.4) is 0 Å². The van der Waals surface area contributed by atoms with Crippen LogP contribution >= 0.6 is 0 Å². The molecule has 3 nitrogen and oxygen atoms in total. The first-order chi connectivity index (χ1) is 8.29. The first-order valence-electron chi connectivity index (χ1n) is 6.20. The number of piperazine rings is 1. The van der Waals surface area contributed by atoms with Crippen LogP contribution in [-0.2, 0) is 0 Å². The van der Waals surface area contributed by atoms with Crippen LogP contribution in [0.5, 0.6) is 0 Å². The van der Waals surface area contributed by atoms with E-state index in [9.17, 15) is 5.26 Å². The maximum atomic E-state index is 9.28. The standard InChI is InChI=1S/C14H19N3/c1-12-10-17(8-7-16-12)11-14(9-15)13-5-3-2-4-6-13/h2-6,12,14,16H,7-8,10-11H2,1H3/t12-,14?/m0/s1. The van der Waals surface area contributed by atoms with Gasteiger partial charge < -0.3 is 5.32 Å². The molecule has 1 aliphatic heterocycles. The van der Waals surface area contributed by atoms with Crippen molar-refractivity contribution >= 4 is 0 Å². The molecule has 1 unspecified atom stereocenters. The summed E-state index contributed by atoms with van der Waals surface area (Å²) in [6.07, 6.45) is 0. The van der Waals surface area contributed by atoms with Crippen LogP contribution in [0.1, 0.15) is 18.4 Å². The molecule has 2 rings (SSSR count). The lowest BCUT2D eigenvalue weighted by Crippen LogP contribution is -2.50. The molecule has 1 N–H and O–H groups in total. The molecule has 1 aromatic rings. The fraction of sp³-hybridized carbons (Fsp3) is 0.500.